The van der Waals surface area contributed by atoms with Gasteiger partial charge in [-0.15, -0.1) is 0 Å². The number of anilines is 3. The van der Waals surface area contributed by atoms with Gasteiger partial charge in [0.25, 0.3) is 5.91 Å². The Hall–Kier alpha value is -3.81. The fourth-order valence-corrected chi connectivity index (χ4v) is 2.74. The predicted molar refractivity (Wildman–Crippen MR) is 104 cm³/mol. The van der Waals surface area contributed by atoms with Gasteiger partial charge in [0, 0.05) is 23.5 Å². The minimum atomic E-state index is -0.329. The summed E-state index contributed by atoms with van der Waals surface area (Å²) in [6.45, 7) is 1.94. The number of hydrogen-bond acceptors (Lipinski definition) is 7. The predicted octanol–water partition coefficient (Wildman–Crippen LogP) is 3.52. The first-order valence-electron chi connectivity index (χ1n) is 8.58. The number of aromatic nitrogens is 2. The number of aryl methyl sites for hydroxylation is 1. The number of nitrogens with zero attached hydrogens (tertiary/aromatic N) is 2. The summed E-state index contributed by atoms with van der Waals surface area (Å²) < 4.78 is 15.8. The Morgan fingerprint density at radius 3 is 2.54 bits per heavy atom. The molecular formula is C20H18N4O4. The van der Waals surface area contributed by atoms with Crippen LogP contribution in [-0.2, 0) is 0 Å². The Balaban J connectivity index is 1.52. The van der Waals surface area contributed by atoms with E-state index in [0.717, 1.165) is 5.69 Å². The summed E-state index contributed by atoms with van der Waals surface area (Å²) in [5.41, 5.74) is 1.67. The molecule has 0 fully saturated rings. The third kappa shape index (κ3) is 3.80. The van der Waals surface area contributed by atoms with E-state index in [1.165, 1.54) is 0 Å². The second-order valence-corrected chi connectivity index (χ2v) is 6.06. The largest absolute Gasteiger partial charge is 0.497 e. The van der Waals surface area contributed by atoms with E-state index in [1.807, 2.05) is 18.2 Å². The van der Waals surface area contributed by atoms with Crippen LogP contribution < -0.4 is 24.8 Å². The number of rotatable bonds is 5. The van der Waals surface area contributed by atoms with Gasteiger partial charge in [-0.3, -0.25) is 4.79 Å². The number of ether oxygens (including phenoxy) is 3. The summed E-state index contributed by atoms with van der Waals surface area (Å²) in [7, 11) is 1.59. The van der Waals surface area contributed by atoms with Crippen LogP contribution in [0.1, 0.15) is 16.3 Å². The molecule has 3 aromatic rings. The van der Waals surface area contributed by atoms with E-state index in [-0.39, 0.29) is 18.4 Å². The van der Waals surface area contributed by atoms with Crippen molar-refractivity contribution >= 4 is 23.1 Å². The Morgan fingerprint density at radius 2 is 1.75 bits per heavy atom. The zero-order chi connectivity index (χ0) is 19.5. The standard InChI is InChI=1S/C20H18N4O4/c1-12-21-16(20(25)24-13-3-6-15(26-2)7-4-13)10-19(22-12)23-14-5-8-17-18(9-14)28-11-27-17/h3-10H,11H2,1-2H3,(H,24,25)(H,21,22,23). The van der Waals surface area contributed by atoms with Gasteiger partial charge in [-0.05, 0) is 43.3 Å². The first-order chi connectivity index (χ1) is 13.6. The molecule has 2 heterocycles. The molecule has 0 unspecified atom stereocenters. The Kier molecular flexibility index (Phi) is 4.67. The summed E-state index contributed by atoms with van der Waals surface area (Å²) >= 11 is 0. The van der Waals surface area contributed by atoms with E-state index in [9.17, 15) is 4.79 Å². The van der Waals surface area contributed by atoms with E-state index >= 15 is 0 Å². The van der Waals surface area contributed by atoms with Gasteiger partial charge in [0.05, 0.1) is 7.11 Å². The van der Waals surface area contributed by atoms with Crippen LogP contribution in [0.4, 0.5) is 17.2 Å². The van der Waals surface area contributed by atoms with Crippen LogP contribution in [0.3, 0.4) is 0 Å². The van der Waals surface area contributed by atoms with E-state index < -0.39 is 0 Å². The number of carbonyl (C=O) groups is 1. The Morgan fingerprint density at radius 1 is 1.00 bits per heavy atom. The van der Waals surface area contributed by atoms with Gasteiger partial charge in [-0.1, -0.05) is 0 Å². The summed E-state index contributed by atoms with van der Waals surface area (Å²) in [5.74, 6) is 2.73. The third-order valence-corrected chi connectivity index (χ3v) is 4.06. The molecule has 2 aromatic carbocycles. The molecule has 0 radical (unpaired) electrons. The smallest absolute Gasteiger partial charge is 0.274 e. The fraction of sp³-hybridized carbons (Fsp3) is 0.150. The molecule has 0 aliphatic carbocycles. The van der Waals surface area contributed by atoms with Crippen LogP contribution >= 0.6 is 0 Å². The number of fused-ring (bicyclic) bond motifs is 1. The highest BCUT2D eigenvalue weighted by Gasteiger charge is 2.15. The third-order valence-electron chi connectivity index (χ3n) is 4.06. The number of nitrogens with one attached hydrogen (secondary N) is 2. The van der Waals surface area contributed by atoms with Crippen LogP contribution in [-0.4, -0.2) is 29.8 Å². The van der Waals surface area contributed by atoms with Crippen LogP contribution in [0.5, 0.6) is 17.2 Å². The maximum absolute atomic E-state index is 12.6. The molecule has 1 amide bonds. The second-order valence-electron chi connectivity index (χ2n) is 6.06. The summed E-state index contributed by atoms with van der Waals surface area (Å²) in [6.07, 6.45) is 0. The average Bonchev–Trinajstić information content (AvgIpc) is 3.16. The average molecular weight is 378 g/mol. The quantitative estimate of drug-likeness (QED) is 0.701. The van der Waals surface area contributed by atoms with E-state index in [2.05, 4.69) is 20.6 Å². The van der Waals surface area contributed by atoms with Crippen molar-refractivity contribution in [2.75, 3.05) is 24.5 Å². The second kappa shape index (κ2) is 7.43. The first-order valence-corrected chi connectivity index (χ1v) is 8.58. The maximum Gasteiger partial charge on any atom is 0.274 e. The highest BCUT2D eigenvalue weighted by molar-refractivity contribution is 6.03. The van der Waals surface area contributed by atoms with Gasteiger partial charge < -0.3 is 24.8 Å². The molecule has 142 valence electrons. The zero-order valence-corrected chi connectivity index (χ0v) is 15.4. The van der Waals surface area contributed by atoms with Crippen LogP contribution in [0.2, 0.25) is 0 Å². The van der Waals surface area contributed by atoms with Crippen molar-refractivity contribution in [3.05, 3.63) is 60.0 Å². The fourth-order valence-electron chi connectivity index (χ4n) is 2.74. The maximum atomic E-state index is 12.6. The molecule has 0 atom stereocenters. The monoisotopic (exact) mass is 378 g/mol. The molecule has 1 aliphatic rings. The molecule has 0 bridgehead atoms. The molecule has 1 aromatic heterocycles. The molecule has 28 heavy (non-hydrogen) atoms. The van der Waals surface area contributed by atoms with Crippen LogP contribution in [0.25, 0.3) is 0 Å². The van der Waals surface area contributed by atoms with Crippen LogP contribution in [0, 0.1) is 6.92 Å². The Labute approximate surface area is 161 Å². The van der Waals surface area contributed by atoms with Gasteiger partial charge in [-0.2, -0.15) is 0 Å². The highest BCUT2D eigenvalue weighted by atomic mass is 16.7. The van der Waals surface area contributed by atoms with Crippen molar-refractivity contribution in [2.24, 2.45) is 0 Å². The van der Waals surface area contributed by atoms with E-state index in [4.69, 9.17) is 14.2 Å². The lowest BCUT2D eigenvalue weighted by Crippen LogP contribution is -2.15. The number of amides is 1. The number of carbonyl (C=O) groups excluding carboxylic acids is 1. The van der Waals surface area contributed by atoms with Crippen molar-refractivity contribution in [3.63, 3.8) is 0 Å². The zero-order valence-electron chi connectivity index (χ0n) is 15.4. The molecule has 2 N–H and O–H groups in total. The molecular weight excluding hydrogens is 360 g/mol. The molecule has 0 saturated heterocycles. The van der Waals surface area contributed by atoms with Crippen LogP contribution in [0.15, 0.2) is 48.5 Å². The minimum absolute atomic E-state index is 0.209. The number of methoxy groups -OCH3 is 1. The SMILES string of the molecule is COc1ccc(NC(=O)c2cc(Nc3ccc4c(c3)OCO4)nc(C)n2)cc1. The lowest BCUT2D eigenvalue weighted by molar-refractivity contribution is 0.102. The van der Waals surface area contributed by atoms with Crippen molar-refractivity contribution in [2.45, 2.75) is 6.92 Å². The van der Waals surface area contributed by atoms with Gasteiger partial charge in [0.2, 0.25) is 6.79 Å². The lowest BCUT2D eigenvalue weighted by Gasteiger charge is -2.10. The van der Waals surface area contributed by atoms with Crippen molar-refractivity contribution in [1.29, 1.82) is 0 Å². The van der Waals surface area contributed by atoms with Gasteiger partial charge in [0.15, 0.2) is 11.5 Å². The minimum Gasteiger partial charge on any atom is -0.497 e. The van der Waals surface area contributed by atoms with Gasteiger partial charge in [0.1, 0.15) is 23.1 Å². The van der Waals surface area contributed by atoms with Crippen molar-refractivity contribution in [1.82, 2.24) is 9.97 Å². The van der Waals surface area contributed by atoms with Crippen molar-refractivity contribution < 1.29 is 19.0 Å². The van der Waals surface area contributed by atoms with E-state index in [1.54, 1.807) is 44.4 Å². The molecule has 8 heteroatoms. The topological polar surface area (TPSA) is 94.6 Å². The normalized spacial score (nSPS) is 11.8. The first kappa shape index (κ1) is 17.6. The summed E-state index contributed by atoms with van der Waals surface area (Å²) in [4.78, 5) is 21.2. The molecule has 0 saturated carbocycles. The highest BCUT2D eigenvalue weighted by Crippen LogP contribution is 2.35. The van der Waals surface area contributed by atoms with E-state index in [0.29, 0.717) is 34.6 Å². The molecule has 4 rings (SSSR count). The summed E-state index contributed by atoms with van der Waals surface area (Å²) in [5, 5.41) is 5.98. The molecule has 0 spiro atoms. The number of hydrogen-bond donors (Lipinski definition) is 2. The van der Waals surface area contributed by atoms with Crippen molar-refractivity contribution in [3.8, 4) is 17.2 Å². The Bertz CT molecular complexity index is 1020. The number of benzene rings is 2. The molecule has 1 aliphatic heterocycles. The van der Waals surface area contributed by atoms with Gasteiger partial charge >= 0.3 is 0 Å². The summed E-state index contributed by atoms with van der Waals surface area (Å²) in [6, 6.07) is 14.1. The lowest BCUT2D eigenvalue weighted by atomic mass is 10.2. The van der Waals surface area contributed by atoms with Gasteiger partial charge in [-0.25, -0.2) is 9.97 Å². The molecule has 8 nitrogen and oxygen atoms in total.